The maximum absolute atomic E-state index is 11.9. The summed E-state index contributed by atoms with van der Waals surface area (Å²) in [4.78, 5) is 15.8. The number of aromatic nitrogens is 1. The molecule has 0 bridgehead atoms. The quantitative estimate of drug-likeness (QED) is 0.901. The number of carbonyl (C=O) groups excluding carboxylic acids is 1. The predicted molar refractivity (Wildman–Crippen MR) is 80.8 cm³/mol. The van der Waals surface area contributed by atoms with Gasteiger partial charge in [0.2, 0.25) is 0 Å². The van der Waals surface area contributed by atoms with E-state index in [0.29, 0.717) is 18.0 Å². The van der Waals surface area contributed by atoms with Crippen molar-refractivity contribution in [1.29, 1.82) is 0 Å². The standard InChI is InChI=1S/C14H14BrN3O2/c1-20-13-3-2-11(15)8-12(13)18-14(19)17-9-10-4-6-16-7-5-10/h2-8H,9H2,1H3,(H2,17,18,19). The molecule has 1 aromatic carbocycles. The molecule has 0 spiro atoms. The molecule has 5 nitrogen and oxygen atoms in total. The molecular weight excluding hydrogens is 322 g/mol. The van der Waals surface area contributed by atoms with Crippen LogP contribution in [0.4, 0.5) is 10.5 Å². The van der Waals surface area contributed by atoms with E-state index in [0.717, 1.165) is 10.0 Å². The highest BCUT2D eigenvalue weighted by Crippen LogP contribution is 2.27. The van der Waals surface area contributed by atoms with Gasteiger partial charge in [-0.3, -0.25) is 4.98 Å². The molecule has 2 N–H and O–H groups in total. The van der Waals surface area contributed by atoms with Crippen LogP contribution in [0.1, 0.15) is 5.56 Å². The van der Waals surface area contributed by atoms with Crippen molar-refractivity contribution >= 4 is 27.6 Å². The molecule has 6 heteroatoms. The fourth-order valence-corrected chi connectivity index (χ4v) is 1.99. The monoisotopic (exact) mass is 335 g/mol. The number of amides is 2. The smallest absolute Gasteiger partial charge is 0.319 e. The summed E-state index contributed by atoms with van der Waals surface area (Å²) >= 11 is 3.36. The van der Waals surface area contributed by atoms with Crippen LogP contribution in [-0.2, 0) is 6.54 Å². The fourth-order valence-electron chi connectivity index (χ4n) is 1.63. The minimum atomic E-state index is -0.293. The van der Waals surface area contributed by atoms with Crippen LogP contribution in [0.3, 0.4) is 0 Å². The lowest BCUT2D eigenvalue weighted by molar-refractivity contribution is 0.251. The number of methoxy groups -OCH3 is 1. The molecule has 104 valence electrons. The van der Waals surface area contributed by atoms with Gasteiger partial charge < -0.3 is 15.4 Å². The number of ether oxygens (including phenoxy) is 1. The second kappa shape index (κ2) is 6.91. The Balaban J connectivity index is 1.96. The summed E-state index contributed by atoms with van der Waals surface area (Å²) in [5.74, 6) is 0.604. The van der Waals surface area contributed by atoms with E-state index in [1.165, 1.54) is 0 Å². The van der Waals surface area contributed by atoms with E-state index in [1.54, 1.807) is 31.6 Å². The van der Waals surface area contributed by atoms with Crippen molar-refractivity contribution in [3.63, 3.8) is 0 Å². The van der Waals surface area contributed by atoms with Gasteiger partial charge in [-0.05, 0) is 35.9 Å². The zero-order valence-corrected chi connectivity index (χ0v) is 12.5. The van der Waals surface area contributed by atoms with Gasteiger partial charge in [0.15, 0.2) is 0 Å². The van der Waals surface area contributed by atoms with Crippen LogP contribution in [-0.4, -0.2) is 18.1 Å². The zero-order chi connectivity index (χ0) is 14.4. The number of nitrogens with one attached hydrogen (secondary N) is 2. The number of nitrogens with zero attached hydrogens (tertiary/aromatic N) is 1. The fraction of sp³-hybridized carbons (Fsp3) is 0.143. The van der Waals surface area contributed by atoms with Crippen molar-refractivity contribution in [1.82, 2.24) is 10.3 Å². The molecule has 0 aliphatic rings. The maximum Gasteiger partial charge on any atom is 0.319 e. The van der Waals surface area contributed by atoms with E-state index in [4.69, 9.17) is 4.74 Å². The summed E-state index contributed by atoms with van der Waals surface area (Å²) in [6, 6.07) is 8.81. The van der Waals surface area contributed by atoms with Crippen molar-refractivity contribution in [2.24, 2.45) is 0 Å². The number of carbonyl (C=O) groups is 1. The van der Waals surface area contributed by atoms with Gasteiger partial charge in [-0.15, -0.1) is 0 Å². The van der Waals surface area contributed by atoms with Crippen LogP contribution in [0.25, 0.3) is 0 Å². The predicted octanol–water partition coefficient (Wildman–Crippen LogP) is 3.17. The molecular formula is C14H14BrN3O2. The molecule has 0 saturated heterocycles. The van der Waals surface area contributed by atoms with Crippen LogP contribution >= 0.6 is 15.9 Å². The molecule has 20 heavy (non-hydrogen) atoms. The molecule has 0 aliphatic heterocycles. The van der Waals surface area contributed by atoms with Gasteiger partial charge in [-0.25, -0.2) is 4.79 Å². The van der Waals surface area contributed by atoms with Crippen molar-refractivity contribution in [3.8, 4) is 5.75 Å². The van der Waals surface area contributed by atoms with Crippen LogP contribution in [0, 0.1) is 0 Å². The minimum absolute atomic E-state index is 0.293. The third kappa shape index (κ3) is 3.96. The Morgan fingerprint density at radius 1 is 1.30 bits per heavy atom. The topological polar surface area (TPSA) is 63.2 Å². The third-order valence-electron chi connectivity index (χ3n) is 2.61. The van der Waals surface area contributed by atoms with Gasteiger partial charge in [0.05, 0.1) is 12.8 Å². The van der Waals surface area contributed by atoms with Crippen molar-refractivity contribution in [3.05, 3.63) is 52.8 Å². The van der Waals surface area contributed by atoms with E-state index in [2.05, 4.69) is 31.5 Å². The number of anilines is 1. The van der Waals surface area contributed by atoms with Crippen LogP contribution in [0.5, 0.6) is 5.75 Å². The first-order valence-electron chi connectivity index (χ1n) is 5.96. The van der Waals surface area contributed by atoms with Gasteiger partial charge in [0, 0.05) is 23.4 Å². The summed E-state index contributed by atoms with van der Waals surface area (Å²) in [5, 5.41) is 5.52. The summed E-state index contributed by atoms with van der Waals surface area (Å²) < 4.78 is 6.06. The lowest BCUT2D eigenvalue weighted by Gasteiger charge is -2.11. The summed E-state index contributed by atoms with van der Waals surface area (Å²) in [6.07, 6.45) is 3.37. The van der Waals surface area contributed by atoms with Crippen molar-refractivity contribution < 1.29 is 9.53 Å². The van der Waals surface area contributed by atoms with Gasteiger partial charge in [0.1, 0.15) is 5.75 Å². The van der Waals surface area contributed by atoms with E-state index in [1.807, 2.05) is 18.2 Å². The molecule has 0 atom stereocenters. The lowest BCUT2D eigenvalue weighted by Crippen LogP contribution is -2.28. The normalized spacial score (nSPS) is 9.90. The molecule has 0 aliphatic carbocycles. The van der Waals surface area contributed by atoms with E-state index < -0.39 is 0 Å². The lowest BCUT2D eigenvalue weighted by atomic mass is 10.3. The molecule has 0 radical (unpaired) electrons. The highest BCUT2D eigenvalue weighted by molar-refractivity contribution is 9.10. The van der Waals surface area contributed by atoms with Gasteiger partial charge in [0.25, 0.3) is 0 Å². The van der Waals surface area contributed by atoms with Gasteiger partial charge >= 0.3 is 6.03 Å². The number of urea groups is 1. The van der Waals surface area contributed by atoms with E-state index >= 15 is 0 Å². The number of hydrogen-bond acceptors (Lipinski definition) is 3. The number of rotatable bonds is 4. The van der Waals surface area contributed by atoms with Gasteiger partial charge in [-0.1, -0.05) is 15.9 Å². The Labute approximate surface area is 125 Å². The molecule has 0 unspecified atom stereocenters. The second-order valence-corrected chi connectivity index (χ2v) is 4.92. The Hall–Kier alpha value is -2.08. The Bertz CT molecular complexity index is 590. The van der Waals surface area contributed by atoms with Crippen molar-refractivity contribution in [2.75, 3.05) is 12.4 Å². The molecule has 0 fully saturated rings. The Morgan fingerprint density at radius 3 is 2.75 bits per heavy atom. The first kappa shape index (κ1) is 14.3. The Kier molecular flexibility index (Phi) is 4.95. The van der Waals surface area contributed by atoms with E-state index in [9.17, 15) is 4.79 Å². The van der Waals surface area contributed by atoms with Crippen LogP contribution in [0.15, 0.2) is 47.2 Å². The highest BCUT2D eigenvalue weighted by Gasteiger charge is 2.07. The minimum Gasteiger partial charge on any atom is -0.495 e. The first-order valence-corrected chi connectivity index (χ1v) is 6.75. The highest BCUT2D eigenvalue weighted by atomic mass is 79.9. The SMILES string of the molecule is COc1ccc(Br)cc1NC(=O)NCc1ccncc1. The molecule has 2 aromatic rings. The first-order chi connectivity index (χ1) is 9.69. The number of benzene rings is 1. The van der Waals surface area contributed by atoms with E-state index in [-0.39, 0.29) is 6.03 Å². The maximum atomic E-state index is 11.9. The second-order valence-electron chi connectivity index (χ2n) is 4.01. The largest absolute Gasteiger partial charge is 0.495 e. The summed E-state index contributed by atoms with van der Waals surface area (Å²) in [5.41, 5.74) is 1.59. The molecule has 1 heterocycles. The number of pyridine rings is 1. The summed E-state index contributed by atoms with van der Waals surface area (Å²) in [7, 11) is 1.56. The van der Waals surface area contributed by atoms with Crippen LogP contribution < -0.4 is 15.4 Å². The average Bonchev–Trinajstić information content (AvgIpc) is 2.46. The summed E-state index contributed by atoms with van der Waals surface area (Å²) in [6.45, 7) is 0.435. The third-order valence-corrected chi connectivity index (χ3v) is 3.11. The average molecular weight is 336 g/mol. The van der Waals surface area contributed by atoms with Crippen molar-refractivity contribution in [2.45, 2.75) is 6.54 Å². The van der Waals surface area contributed by atoms with Crippen LogP contribution in [0.2, 0.25) is 0 Å². The van der Waals surface area contributed by atoms with Gasteiger partial charge in [-0.2, -0.15) is 0 Å². The Morgan fingerprint density at radius 2 is 2.05 bits per heavy atom. The molecule has 2 rings (SSSR count). The number of halogens is 1. The number of hydrogen-bond donors (Lipinski definition) is 2. The molecule has 2 amide bonds. The zero-order valence-electron chi connectivity index (χ0n) is 10.9. The molecule has 0 saturated carbocycles. The molecule has 1 aromatic heterocycles.